The Balaban J connectivity index is 2.22. The number of rotatable bonds is 6. The zero-order valence-corrected chi connectivity index (χ0v) is 18.3. The van der Waals surface area contributed by atoms with Crippen molar-refractivity contribution >= 4 is 33.0 Å². The van der Waals surface area contributed by atoms with Gasteiger partial charge in [0.1, 0.15) is 0 Å². The average molecular weight is 413 g/mol. The third-order valence-corrected chi connectivity index (χ3v) is 6.97. The first kappa shape index (κ1) is 21.3. The first-order valence-electron chi connectivity index (χ1n) is 8.59. The predicted molar refractivity (Wildman–Crippen MR) is 111 cm³/mol. The van der Waals surface area contributed by atoms with Gasteiger partial charge in [0.2, 0.25) is 0 Å². The summed E-state index contributed by atoms with van der Waals surface area (Å²) in [5, 5.41) is 1.13. The average Bonchev–Trinajstić information content (AvgIpc) is 2.55. The van der Waals surface area contributed by atoms with Gasteiger partial charge in [-0.25, -0.2) is 8.42 Å². The van der Waals surface area contributed by atoms with E-state index in [-0.39, 0.29) is 10.8 Å². The molecule has 0 aliphatic rings. The van der Waals surface area contributed by atoms with Gasteiger partial charge in [0.05, 0.1) is 14.9 Å². The van der Waals surface area contributed by atoms with E-state index in [9.17, 15) is 8.42 Å². The quantitative estimate of drug-likeness (QED) is 0.547. The van der Waals surface area contributed by atoms with E-state index in [1.54, 1.807) is 12.1 Å². The van der Waals surface area contributed by atoms with E-state index in [1.165, 1.54) is 6.26 Å². The molecule has 0 aliphatic heterocycles. The van der Waals surface area contributed by atoms with Gasteiger partial charge in [0.15, 0.2) is 9.84 Å². The Morgan fingerprint density at radius 1 is 0.808 bits per heavy atom. The Morgan fingerprint density at radius 2 is 1.35 bits per heavy atom. The van der Waals surface area contributed by atoms with Gasteiger partial charge in [0, 0.05) is 6.26 Å². The molecule has 0 radical (unpaired) electrons. The summed E-state index contributed by atoms with van der Waals surface area (Å²) in [4.78, 5) is 0.367. The molecule has 2 aromatic carbocycles. The van der Waals surface area contributed by atoms with Crippen molar-refractivity contribution in [1.82, 2.24) is 0 Å². The lowest BCUT2D eigenvalue weighted by molar-refractivity contribution is 0.374. The van der Waals surface area contributed by atoms with E-state index in [0.717, 1.165) is 24.0 Å². The van der Waals surface area contributed by atoms with Crippen molar-refractivity contribution in [2.24, 2.45) is 0 Å². The van der Waals surface area contributed by atoms with Crippen LogP contribution in [-0.2, 0) is 20.7 Å². The normalized spacial score (nSPS) is 13.0. The molecule has 2 rings (SSSR count). The monoisotopic (exact) mass is 412 g/mol. The van der Waals surface area contributed by atoms with Crippen LogP contribution in [0.2, 0.25) is 10.0 Å². The van der Waals surface area contributed by atoms with Crippen LogP contribution in [0.25, 0.3) is 0 Å². The highest BCUT2D eigenvalue weighted by molar-refractivity contribution is 7.90. The van der Waals surface area contributed by atoms with Crippen LogP contribution >= 0.6 is 23.2 Å². The molecule has 0 atom stereocenters. The van der Waals surface area contributed by atoms with Crippen LogP contribution in [0.4, 0.5) is 0 Å². The fourth-order valence-corrected chi connectivity index (χ4v) is 3.94. The van der Waals surface area contributed by atoms with E-state index >= 15 is 0 Å². The molecule has 0 saturated heterocycles. The van der Waals surface area contributed by atoms with Crippen LogP contribution in [0.3, 0.4) is 0 Å². The smallest absolute Gasteiger partial charge is 0.175 e. The molecule has 26 heavy (non-hydrogen) atoms. The summed E-state index contributed by atoms with van der Waals surface area (Å²) in [6.07, 6.45) is 3.08. The highest BCUT2D eigenvalue weighted by atomic mass is 35.5. The number of hydrogen-bond acceptors (Lipinski definition) is 2. The summed E-state index contributed by atoms with van der Waals surface area (Å²) < 4.78 is 23.7. The van der Waals surface area contributed by atoms with E-state index in [1.807, 2.05) is 30.3 Å². The first-order valence-corrected chi connectivity index (χ1v) is 11.2. The summed E-state index contributed by atoms with van der Waals surface area (Å²) in [7, 11) is -3.21. The molecule has 2 nitrogen and oxygen atoms in total. The Labute approximate surface area is 167 Å². The Morgan fingerprint density at radius 3 is 1.85 bits per heavy atom. The molecule has 0 aromatic heterocycles. The minimum absolute atomic E-state index is 0.0695. The molecule has 0 amide bonds. The highest BCUT2D eigenvalue weighted by Crippen LogP contribution is 2.38. The molecule has 0 heterocycles. The first-order chi connectivity index (χ1) is 11.8. The number of sulfone groups is 1. The molecule has 0 bridgehead atoms. The molecular formula is C21H26Cl2O2S. The summed E-state index contributed by atoms with van der Waals surface area (Å²) in [6.45, 7) is 8.68. The van der Waals surface area contributed by atoms with Gasteiger partial charge in [-0.05, 0) is 59.1 Å². The Hall–Kier alpha value is -1.03. The summed E-state index contributed by atoms with van der Waals surface area (Å²) in [5.41, 5.74) is 1.96. The number of hydrogen-bond donors (Lipinski definition) is 0. The van der Waals surface area contributed by atoms with E-state index < -0.39 is 9.84 Å². The fourth-order valence-electron chi connectivity index (χ4n) is 2.98. The van der Waals surface area contributed by atoms with Crippen LogP contribution in [0.1, 0.15) is 51.7 Å². The second-order valence-corrected chi connectivity index (χ2v) is 11.0. The van der Waals surface area contributed by atoms with E-state index in [0.29, 0.717) is 14.9 Å². The van der Waals surface area contributed by atoms with Crippen molar-refractivity contribution in [3.05, 3.63) is 63.6 Å². The van der Waals surface area contributed by atoms with Crippen molar-refractivity contribution in [3.8, 4) is 0 Å². The second-order valence-electron chi connectivity index (χ2n) is 8.20. The van der Waals surface area contributed by atoms with Crippen LogP contribution in [-0.4, -0.2) is 14.7 Å². The molecular weight excluding hydrogens is 387 g/mol. The molecule has 142 valence electrons. The summed E-state index contributed by atoms with van der Waals surface area (Å²) in [6, 6.07) is 13.0. The molecule has 0 spiro atoms. The Bertz CT molecular complexity index is 900. The lowest BCUT2D eigenvalue weighted by Crippen LogP contribution is -2.24. The van der Waals surface area contributed by atoms with Gasteiger partial charge in [-0.2, -0.15) is 0 Å². The highest BCUT2D eigenvalue weighted by Gasteiger charge is 2.28. The third-order valence-electron chi connectivity index (χ3n) is 5.12. The van der Waals surface area contributed by atoms with Crippen molar-refractivity contribution in [2.75, 3.05) is 6.26 Å². The maximum absolute atomic E-state index is 11.9. The lowest BCUT2D eigenvalue weighted by Gasteiger charge is -2.32. The van der Waals surface area contributed by atoms with Crippen molar-refractivity contribution in [3.63, 3.8) is 0 Å². The SMILES string of the molecule is CC(C)(CCC(C)(C)c1ccc(Cl)c(Cl)c1)c1cccc(S(C)(=O)=O)c1. The topological polar surface area (TPSA) is 34.1 Å². The zero-order chi connectivity index (χ0) is 19.8. The fraction of sp³-hybridized carbons (Fsp3) is 0.429. The summed E-state index contributed by atoms with van der Waals surface area (Å²) >= 11 is 12.2. The van der Waals surface area contributed by atoms with Gasteiger partial charge in [-0.1, -0.05) is 69.1 Å². The van der Waals surface area contributed by atoms with Crippen LogP contribution in [0.15, 0.2) is 47.4 Å². The zero-order valence-electron chi connectivity index (χ0n) is 15.9. The van der Waals surface area contributed by atoms with Gasteiger partial charge in [0.25, 0.3) is 0 Å². The van der Waals surface area contributed by atoms with Crippen molar-refractivity contribution < 1.29 is 8.42 Å². The molecule has 0 unspecified atom stereocenters. The van der Waals surface area contributed by atoms with Gasteiger partial charge >= 0.3 is 0 Å². The molecule has 2 aromatic rings. The maximum Gasteiger partial charge on any atom is 0.175 e. The van der Waals surface area contributed by atoms with Crippen molar-refractivity contribution in [1.29, 1.82) is 0 Å². The third kappa shape index (κ3) is 5.03. The predicted octanol–water partition coefficient (Wildman–Crippen LogP) is 6.43. The van der Waals surface area contributed by atoms with E-state index in [4.69, 9.17) is 23.2 Å². The van der Waals surface area contributed by atoms with Gasteiger partial charge in [-0.3, -0.25) is 0 Å². The number of halogens is 2. The van der Waals surface area contributed by atoms with Crippen molar-refractivity contribution in [2.45, 2.75) is 56.3 Å². The molecule has 0 fully saturated rings. The molecule has 0 N–H and O–H groups in total. The maximum atomic E-state index is 11.9. The largest absolute Gasteiger partial charge is 0.224 e. The van der Waals surface area contributed by atoms with Gasteiger partial charge < -0.3 is 0 Å². The lowest BCUT2D eigenvalue weighted by atomic mass is 9.73. The second kappa shape index (κ2) is 7.53. The molecule has 5 heteroatoms. The number of benzene rings is 2. The minimum atomic E-state index is -3.21. The van der Waals surface area contributed by atoms with Crippen LogP contribution < -0.4 is 0 Å². The van der Waals surface area contributed by atoms with Gasteiger partial charge in [-0.15, -0.1) is 0 Å². The van der Waals surface area contributed by atoms with Crippen LogP contribution in [0.5, 0.6) is 0 Å². The molecule has 0 saturated carbocycles. The Kier molecular flexibility index (Phi) is 6.16. The standard InChI is InChI=1S/C21H26Cl2O2S/c1-20(2,15-7-6-8-17(13-15)26(5,24)25)11-12-21(3,4)16-9-10-18(22)19(23)14-16/h6-10,13-14H,11-12H2,1-5H3. The molecule has 0 aliphatic carbocycles. The summed E-state index contributed by atoms with van der Waals surface area (Å²) in [5.74, 6) is 0. The van der Waals surface area contributed by atoms with Crippen LogP contribution in [0, 0.1) is 0 Å². The minimum Gasteiger partial charge on any atom is -0.224 e. The van der Waals surface area contributed by atoms with E-state index in [2.05, 4.69) is 27.7 Å².